The smallest absolute Gasteiger partial charge is 0.191 e. The number of benzene rings is 1. The molecule has 0 fully saturated rings. The minimum absolute atomic E-state index is 0.608. The fraction of sp³-hybridized carbons (Fsp3) is 0.611. The molecule has 1 aromatic rings. The fourth-order valence-corrected chi connectivity index (χ4v) is 2.06. The molecule has 0 spiro atoms. The van der Waals surface area contributed by atoms with Crippen molar-refractivity contribution in [2.75, 3.05) is 26.7 Å². The highest BCUT2D eigenvalue weighted by Crippen LogP contribution is 2.08. The number of hydrogen-bond donors (Lipinski definition) is 2. The van der Waals surface area contributed by atoms with Gasteiger partial charge in [-0.25, -0.2) is 4.99 Å². The second-order valence-electron chi connectivity index (χ2n) is 6.12. The van der Waals surface area contributed by atoms with Crippen LogP contribution in [-0.4, -0.2) is 37.5 Å². The van der Waals surface area contributed by atoms with Gasteiger partial charge in [0.05, 0.1) is 6.54 Å². The highest BCUT2D eigenvalue weighted by Gasteiger charge is 2.01. The van der Waals surface area contributed by atoms with E-state index in [-0.39, 0.29) is 0 Å². The van der Waals surface area contributed by atoms with Crippen LogP contribution < -0.4 is 10.6 Å². The Hall–Kier alpha value is -1.55. The summed E-state index contributed by atoms with van der Waals surface area (Å²) < 4.78 is 0. The zero-order valence-electron chi connectivity index (χ0n) is 14.8. The zero-order chi connectivity index (χ0) is 16.4. The van der Waals surface area contributed by atoms with Crippen LogP contribution in [0.3, 0.4) is 0 Å². The quantitative estimate of drug-likeness (QED) is 0.573. The van der Waals surface area contributed by atoms with Gasteiger partial charge >= 0.3 is 0 Å². The molecule has 0 aliphatic rings. The summed E-state index contributed by atoms with van der Waals surface area (Å²) in [6.45, 7) is 13.2. The van der Waals surface area contributed by atoms with Crippen LogP contribution in [0.1, 0.15) is 38.8 Å². The van der Waals surface area contributed by atoms with Gasteiger partial charge in [0.15, 0.2) is 5.96 Å². The van der Waals surface area contributed by atoms with Crippen LogP contribution in [0.15, 0.2) is 29.3 Å². The van der Waals surface area contributed by atoms with Gasteiger partial charge in [0.2, 0.25) is 0 Å². The number of aliphatic imine (C=N–C) groups is 1. The van der Waals surface area contributed by atoms with Crippen molar-refractivity contribution in [2.24, 2.45) is 10.9 Å². The fourth-order valence-electron chi connectivity index (χ4n) is 2.06. The number of nitrogens with one attached hydrogen (secondary N) is 2. The third-order valence-electron chi connectivity index (χ3n) is 3.43. The molecule has 1 aromatic carbocycles. The van der Waals surface area contributed by atoms with E-state index in [2.05, 4.69) is 79.5 Å². The molecule has 0 heterocycles. The molecule has 0 bridgehead atoms. The molecule has 0 unspecified atom stereocenters. The number of guanidine groups is 1. The molecule has 0 saturated heterocycles. The average molecular weight is 304 g/mol. The van der Waals surface area contributed by atoms with Gasteiger partial charge in [-0.2, -0.15) is 0 Å². The van der Waals surface area contributed by atoms with Crippen LogP contribution in [0.4, 0.5) is 0 Å². The molecular formula is C18H32N4. The van der Waals surface area contributed by atoms with E-state index in [1.54, 1.807) is 0 Å². The van der Waals surface area contributed by atoms with Crippen molar-refractivity contribution in [3.05, 3.63) is 35.4 Å². The monoisotopic (exact) mass is 304 g/mol. The molecule has 0 radical (unpaired) electrons. The summed E-state index contributed by atoms with van der Waals surface area (Å²) in [6.07, 6.45) is 0. The Morgan fingerprint density at radius 1 is 1.18 bits per heavy atom. The summed E-state index contributed by atoms with van der Waals surface area (Å²) in [5.74, 6) is 1.50. The van der Waals surface area contributed by atoms with Crippen LogP contribution in [0, 0.1) is 5.92 Å². The molecular weight excluding hydrogens is 272 g/mol. The van der Waals surface area contributed by atoms with Gasteiger partial charge in [-0.05, 0) is 37.6 Å². The Balaban J connectivity index is 2.66. The van der Waals surface area contributed by atoms with E-state index in [4.69, 9.17) is 0 Å². The molecule has 4 nitrogen and oxygen atoms in total. The van der Waals surface area contributed by atoms with Crippen LogP contribution in [0.25, 0.3) is 0 Å². The molecule has 0 aliphatic carbocycles. The summed E-state index contributed by atoms with van der Waals surface area (Å²) >= 11 is 0. The van der Waals surface area contributed by atoms with Crippen molar-refractivity contribution in [1.29, 1.82) is 0 Å². The lowest BCUT2D eigenvalue weighted by Crippen LogP contribution is -2.39. The first-order chi connectivity index (χ1) is 10.5. The first-order valence-corrected chi connectivity index (χ1v) is 8.33. The van der Waals surface area contributed by atoms with Gasteiger partial charge in [-0.1, -0.05) is 45.0 Å². The molecule has 0 aromatic heterocycles. The summed E-state index contributed by atoms with van der Waals surface area (Å²) in [5, 5.41) is 6.67. The summed E-state index contributed by atoms with van der Waals surface area (Å²) in [5.41, 5.74) is 2.60. The molecule has 4 heteroatoms. The predicted molar refractivity (Wildman–Crippen MR) is 96.1 cm³/mol. The molecule has 0 atom stereocenters. The predicted octanol–water partition coefficient (Wildman–Crippen LogP) is 2.85. The highest BCUT2D eigenvalue weighted by molar-refractivity contribution is 5.79. The van der Waals surface area contributed by atoms with E-state index in [1.807, 2.05) is 0 Å². The van der Waals surface area contributed by atoms with Gasteiger partial charge in [-0.15, -0.1) is 0 Å². The maximum Gasteiger partial charge on any atom is 0.191 e. The molecule has 1 rings (SSSR count). The zero-order valence-corrected chi connectivity index (χ0v) is 14.8. The second-order valence-corrected chi connectivity index (χ2v) is 6.12. The Morgan fingerprint density at radius 2 is 1.91 bits per heavy atom. The Labute approximate surface area is 136 Å². The van der Waals surface area contributed by atoms with Crippen molar-refractivity contribution >= 4 is 5.96 Å². The number of hydrogen-bond acceptors (Lipinski definition) is 2. The van der Waals surface area contributed by atoms with Crippen molar-refractivity contribution in [3.63, 3.8) is 0 Å². The maximum absolute atomic E-state index is 4.68. The van der Waals surface area contributed by atoms with Gasteiger partial charge in [0, 0.05) is 19.6 Å². The third kappa shape index (κ3) is 7.46. The van der Waals surface area contributed by atoms with Crippen molar-refractivity contribution < 1.29 is 0 Å². The third-order valence-corrected chi connectivity index (χ3v) is 3.43. The van der Waals surface area contributed by atoms with E-state index >= 15 is 0 Å². The molecule has 0 aliphatic heterocycles. The minimum atomic E-state index is 0.608. The van der Waals surface area contributed by atoms with Crippen molar-refractivity contribution in [2.45, 2.75) is 40.8 Å². The molecule has 124 valence electrons. The Bertz CT molecular complexity index is 454. The van der Waals surface area contributed by atoms with Crippen molar-refractivity contribution in [3.8, 4) is 0 Å². The minimum Gasteiger partial charge on any atom is -0.357 e. The van der Waals surface area contributed by atoms with Crippen LogP contribution >= 0.6 is 0 Å². The van der Waals surface area contributed by atoms with E-state index < -0.39 is 0 Å². The van der Waals surface area contributed by atoms with Crippen molar-refractivity contribution in [1.82, 2.24) is 15.5 Å². The summed E-state index contributed by atoms with van der Waals surface area (Å²) in [4.78, 5) is 6.98. The van der Waals surface area contributed by atoms with E-state index in [9.17, 15) is 0 Å². The van der Waals surface area contributed by atoms with Crippen LogP contribution in [-0.2, 0) is 13.1 Å². The molecule has 2 N–H and O–H groups in total. The average Bonchev–Trinajstić information content (AvgIpc) is 2.50. The van der Waals surface area contributed by atoms with E-state index in [0.717, 1.165) is 32.1 Å². The van der Waals surface area contributed by atoms with E-state index in [0.29, 0.717) is 12.5 Å². The SMILES string of the molecule is CCNC(=NCc1cccc(CN(C)CC)c1)NCC(C)C. The topological polar surface area (TPSA) is 39.7 Å². The number of nitrogens with zero attached hydrogens (tertiary/aromatic N) is 2. The van der Waals surface area contributed by atoms with Gasteiger partial charge in [0.1, 0.15) is 0 Å². The second kappa shape index (κ2) is 10.2. The summed E-state index contributed by atoms with van der Waals surface area (Å²) in [7, 11) is 2.14. The largest absolute Gasteiger partial charge is 0.357 e. The molecule has 22 heavy (non-hydrogen) atoms. The first kappa shape index (κ1) is 18.5. The van der Waals surface area contributed by atoms with E-state index in [1.165, 1.54) is 11.1 Å². The maximum atomic E-state index is 4.68. The lowest BCUT2D eigenvalue weighted by atomic mass is 10.1. The lowest BCUT2D eigenvalue weighted by Gasteiger charge is -2.15. The normalized spacial score (nSPS) is 12.0. The van der Waals surface area contributed by atoms with Gasteiger partial charge in [-0.3, -0.25) is 0 Å². The van der Waals surface area contributed by atoms with Gasteiger partial charge < -0.3 is 15.5 Å². The molecule has 0 amide bonds. The first-order valence-electron chi connectivity index (χ1n) is 8.33. The number of rotatable bonds is 8. The highest BCUT2D eigenvalue weighted by atomic mass is 15.2. The standard InChI is InChI=1S/C18H32N4/c1-6-19-18(20-12-15(3)4)21-13-16-9-8-10-17(11-16)14-22(5)7-2/h8-11,15H,6-7,12-14H2,1-5H3,(H2,19,20,21). The Morgan fingerprint density at radius 3 is 2.55 bits per heavy atom. The summed E-state index contributed by atoms with van der Waals surface area (Å²) in [6, 6.07) is 8.70. The van der Waals surface area contributed by atoms with Crippen LogP contribution in [0.5, 0.6) is 0 Å². The van der Waals surface area contributed by atoms with Crippen LogP contribution in [0.2, 0.25) is 0 Å². The van der Waals surface area contributed by atoms with Gasteiger partial charge in [0.25, 0.3) is 0 Å². The Kier molecular flexibility index (Phi) is 8.60. The lowest BCUT2D eigenvalue weighted by molar-refractivity contribution is 0.345. The molecule has 0 saturated carbocycles.